The molecular weight excluding hydrogens is 374 g/mol. The van der Waals surface area contributed by atoms with E-state index in [1.165, 1.54) is 21.9 Å². The fourth-order valence-electron chi connectivity index (χ4n) is 3.00. The molecule has 2 heterocycles. The second kappa shape index (κ2) is 7.44. The maximum atomic E-state index is 13.0. The largest absolute Gasteiger partial charge is 0.494 e. The molecule has 0 spiro atoms. The Morgan fingerprint density at radius 3 is 2.86 bits per heavy atom. The summed E-state index contributed by atoms with van der Waals surface area (Å²) < 4.78 is 8.10. The van der Waals surface area contributed by atoms with Crippen molar-refractivity contribution in [2.75, 3.05) is 11.9 Å². The van der Waals surface area contributed by atoms with Gasteiger partial charge in [0.15, 0.2) is 4.96 Å². The summed E-state index contributed by atoms with van der Waals surface area (Å²) in [5.41, 5.74) is 1.96. The Hall–Kier alpha value is -3.19. The fourth-order valence-corrected chi connectivity index (χ4v) is 4.01. The average Bonchev–Trinajstić information content (AvgIpc) is 3.07. The van der Waals surface area contributed by atoms with Gasteiger partial charge in [-0.1, -0.05) is 36.5 Å². The van der Waals surface area contributed by atoms with Crippen molar-refractivity contribution in [1.29, 1.82) is 0 Å². The Morgan fingerprint density at radius 1 is 1.25 bits per heavy atom. The molecule has 1 amide bonds. The first-order valence-corrected chi connectivity index (χ1v) is 9.84. The van der Waals surface area contributed by atoms with Crippen LogP contribution in [0.4, 0.5) is 5.69 Å². The second-order valence-corrected chi connectivity index (χ2v) is 7.45. The van der Waals surface area contributed by atoms with Crippen molar-refractivity contribution in [2.24, 2.45) is 0 Å². The van der Waals surface area contributed by atoms with Crippen molar-refractivity contribution in [3.8, 4) is 5.75 Å². The summed E-state index contributed by atoms with van der Waals surface area (Å²) in [5.74, 6) is 0.439. The number of aryl methyl sites for hydroxylation is 1. The summed E-state index contributed by atoms with van der Waals surface area (Å²) in [6.45, 7) is 4.55. The highest BCUT2D eigenvalue weighted by Gasteiger charge is 2.15. The Bertz CT molecular complexity index is 1240. The molecule has 0 aliphatic heterocycles. The van der Waals surface area contributed by atoms with Gasteiger partial charge >= 0.3 is 0 Å². The van der Waals surface area contributed by atoms with Crippen LogP contribution in [0.3, 0.4) is 0 Å². The van der Waals surface area contributed by atoms with Gasteiger partial charge in [0.05, 0.1) is 23.0 Å². The third-order valence-corrected chi connectivity index (χ3v) is 5.43. The molecule has 0 atom stereocenters. The minimum atomic E-state index is -0.327. The number of ether oxygens (including phenoxy) is 1. The second-order valence-electron chi connectivity index (χ2n) is 6.44. The van der Waals surface area contributed by atoms with Gasteiger partial charge in [-0.05, 0) is 43.2 Å². The van der Waals surface area contributed by atoms with Gasteiger partial charge in [-0.15, -0.1) is 0 Å². The van der Waals surface area contributed by atoms with Gasteiger partial charge in [-0.25, -0.2) is 9.38 Å². The lowest BCUT2D eigenvalue weighted by Crippen LogP contribution is -2.23. The zero-order valence-electron chi connectivity index (χ0n) is 15.6. The summed E-state index contributed by atoms with van der Waals surface area (Å²) in [5, 5.41) is 2.70. The maximum Gasteiger partial charge on any atom is 0.282 e. The van der Waals surface area contributed by atoms with Crippen molar-refractivity contribution in [3.05, 3.63) is 70.1 Å². The molecule has 1 N–H and O–H groups in total. The third kappa shape index (κ3) is 3.25. The van der Waals surface area contributed by atoms with E-state index in [0.29, 0.717) is 17.1 Å². The lowest BCUT2D eigenvalue weighted by molar-refractivity contribution is 0.102. The molecular formula is C21H19N3O3S. The molecule has 0 aliphatic rings. The molecule has 6 nitrogen and oxygen atoms in total. The summed E-state index contributed by atoms with van der Waals surface area (Å²) in [6.07, 6.45) is 2.34. The normalized spacial score (nSPS) is 11.1. The quantitative estimate of drug-likeness (QED) is 0.550. The van der Waals surface area contributed by atoms with Gasteiger partial charge in [0.2, 0.25) is 0 Å². The molecule has 2 aromatic heterocycles. The van der Waals surface area contributed by atoms with Crippen LogP contribution >= 0.6 is 11.3 Å². The topological polar surface area (TPSA) is 72.7 Å². The number of hydrogen-bond donors (Lipinski definition) is 1. The molecule has 4 rings (SSSR count). The van der Waals surface area contributed by atoms with Crippen LogP contribution < -0.4 is 15.6 Å². The van der Waals surface area contributed by atoms with E-state index in [4.69, 9.17) is 4.74 Å². The van der Waals surface area contributed by atoms with E-state index in [9.17, 15) is 9.59 Å². The average molecular weight is 393 g/mol. The van der Waals surface area contributed by atoms with E-state index >= 15 is 0 Å². The number of benzene rings is 2. The lowest BCUT2D eigenvalue weighted by Gasteiger charge is -2.07. The number of amides is 1. The summed E-state index contributed by atoms with van der Waals surface area (Å²) in [4.78, 5) is 30.5. The lowest BCUT2D eigenvalue weighted by atomic mass is 10.1. The van der Waals surface area contributed by atoms with E-state index in [-0.39, 0.29) is 17.2 Å². The smallest absolute Gasteiger partial charge is 0.282 e. The number of rotatable bonds is 5. The maximum absolute atomic E-state index is 13.0. The number of nitrogens with zero attached hydrogens (tertiary/aromatic N) is 2. The molecule has 0 aliphatic carbocycles. The molecule has 7 heteroatoms. The van der Waals surface area contributed by atoms with E-state index in [2.05, 4.69) is 10.3 Å². The minimum absolute atomic E-state index is 0.150. The number of carbonyl (C=O) groups is 1. The van der Waals surface area contributed by atoms with E-state index < -0.39 is 0 Å². The van der Waals surface area contributed by atoms with Crippen LogP contribution in [0.2, 0.25) is 0 Å². The van der Waals surface area contributed by atoms with Crippen LogP contribution in [0.5, 0.6) is 5.75 Å². The number of thiazole rings is 1. The molecule has 2 aromatic carbocycles. The zero-order valence-corrected chi connectivity index (χ0v) is 16.4. The van der Waals surface area contributed by atoms with Crippen molar-refractivity contribution in [2.45, 2.75) is 20.3 Å². The third-order valence-electron chi connectivity index (χ3n) is 4.41. The SMILES string of the molecule is CCCOc1ccc2c(c1)sc1ncc(NC(=O)c3ccccc3C)c(=O)n12. The van der Waals surface area contributed by atoms with Gasteiger partial charge in [0, 0.05) is 5.56 Å². The molecule has 0 saturated carbocycles. The number of fused-ring (bicyclic) bond motifs is 3. The fraction of sp³-hybridized carbons (Fsp3) is 0.190. The van der Waals surface area contributed by atoms with E-state index in [0.717, 1.165) is 28.0 Å². The number of anilines is 1. The van der Waals surface area contributed by atoms with Gasteiger partial charge in [-0.2, -0.15) is 0 Å². The monoisotopic (exact) mass is 393 g/mol. The van der Waals surface area contributed by atoms with Crippen LogP contribution in [0.1, 0.15) is 29.3 Å². The predicted octanol–water partition coefficient (Wildman–Crippen LogP) is 4.26. The first kappa shape index (κ1) is 18.2. The molecule has 0 unspecified atom stereocenters. The van der Waals surface area contributed by atoms with Crippen LogP contribution in [0.25, 0.3) is 15.2 Å². The van der Waals surface area contributed by atoms with Crippen molar-refractivity contribution < 1.29 is 9.53 Å². The van der Waals surface area contributed by atoms with Gasteiger partial charge in [0.1, 0.15) is 11.4 Å². The standard InChI is InChI=1S/C21H19N3O3S/c1-3-10-27-14-8-9-17-18(11-14)28-21-22-12-16(20(26)24(17)21)23-19(25)15-7-5-4-6-13(15)2/h4-9,11-12H,3,10H2,1-2H3,(H,23,25). The van der Waals surface area contributed by atoms with Crippen molar-refractivity contribution >= 4 is 38.1 Å². The highest BCUT2D eigenvalue weighted by atomic mass is 32.1. The van der Waals surface area contributed by atoms with Gasteiger partial charge in [-0.3, -0.25) is 9.59 Å². The molecule has 0 bridgehead atoms. The molecule has 0 saturated heterocycles. The highest BCUT2D eigenvalue weighted by molar-refractivity contribution is 7.23. The molecule has 0 radical (unpaired) electrons. The number of carbonyl (C=O) groups excluding carboxylic acids is 1. The molecule has 4 aromatic rings. The molecule has 28 heavy (non-hydrogen) atoms. The Labute approximate surface area is 165 Å². The number of hydrogen-bond acceptors (Lipinski definition) is 5. The first-order valence-electron chi connectivity index (χ1n) is 9.02. The molecule has 0 fully saturated rings. The van der Waals surface area contributed by atoms with Crippen molar-refractivity contribution in [1.82, 2.24) is 9.38 Å². The summed E-state index contributed by atoms with van der Waals surface area (Å²) in [6, 6.07) is 12.8. The summed E-state index contributed by atoms with van der Waals surface area (Å²) >= 11 is 1.41. The van der Waals surface area contributed by atoms with Crippen LogP contribution in [-0.2, 0) is 0 Å². The summed E-state index contributed by atoms with van der Waals surface area (Å²) in [7, 11) is 0. The minimum Gasteiger partial charge on any atom is -0.494 e. The van der Waals surface area contributed by atoms with Crippen LogP contribution in [0.15, 0.2) is 53.5 Å². The zero-order chi connectivity index (χ0) is 19.7. The first-order chi connectivity index (χ1) is 13.6. The van der Waals surface area contributed by atoms with Crippen LogP contribution in [0, 0.1) is 6.92 Å². The van der Waals surface area contributed by atoms with Gasteiger partial charge < -0.3 is 10.1 Å². The molecule has 142 valence electrons. The Morgan fingerprint density at radius 2 is 2.07 bits per heavy atom. The van der Waals surface area contributed by atoms with E-state index in [1.54, 1.807) is 12.1 Å². The number of aromatic nitrogens is 2. The van der Waals surface area contributed by atoms with E-state index in [1.807, 2.05) is 44.2 Å². The van der Waals surface area contributed by atoms with Crippen molar-refractivity contribution in [3.63, 3.8) is 0 Å². The highest BCUT2D eigenvalue weighted by Crippen LogP contribution is 2.28. The van der Waals surface area contributed by atoms with Crippen LogP contribution in [-0.4, -0.2) is 21.9 Å². The van der Waals surface area contributed by atoms with Gasteiger partial charge in [0.25, 0.3) is 11.5 Å². The predicted molar refractivity (Wildman–Crippen MR) is 112 cm³/mol. The Balaban J connectivity index is 1.74. The number of nitrogens with one attached hydrogen (secondary N) is 1. The Kier molecular flexibility index (Phi) is 4.83.